The first kappa shape index (κ1) is 44.5. The van der Waals surface area contributed by atoms with Crippen molar-refractivity contribution >= 4 is 19.8 Å². The number of esters is 2. The molecule has 9 nitrogen and oxygen atoms in total. The van der Waals surface area contributed by atoms with Crippen LogP contribution in [0.15, 0.2) is 24.3 Å². The molecule has 0 aromatic rings. The average molecular weight is 674 g/mol. The number of unbranched alkanes of at least 4 members (excludes halogenated alkanes) is 17. The molecular weight excluding hydrogens is 605 g/mol. The van der Waals surface area contributed by atoms with Gasteiger partial charge >= 0.3 is 19.8 Å². The number of phosphoric acid groups is 1. The first-order chi connectivity index (χ1) is 22.3. The highest BCUT2D eigenvalue weighted by atomic mass is 31.2. The molecule has 0 saturated carbocycles. The van der Waals surface area contributed by atoms with E-state index in [1.54, 1.807) is 0 Å². The zero-order valence-electron chi connectivity index (χ0n) is 29.3. The van der Waals surface area contributed by atoms with Crippen molar-refractivity contribution in [2.45, 2.75) is 168 Å². The van der Waals surface area contributed by atoms with Crippen LogP contribution < -0.4 is 5.73 Å². The van der Waals surface area contributed by atoms with Crippen molar-refractivity contribution in [1.29, 1.82) is 0 Å². The number of nitrogens with two attached hydrogens (primary N) is 1. The van der Waals surface area contributed by atoms with Crippen LogP contribution >= 0.6 is 7.82 Å². The van der Waals surface area contributed by atoms with Crippen molar-refractivity contribution in [2.24, 2.45) is 5.73 Å². The van der Waals surface area contributed by atoms with Gasteiger partial charge in [0.25, 0.3) is 0 Å². The van der Waals surface area contributed by atoms with Crippen LogP contribution in [0.3, 0.4) is 0 Å². The van der Waals surface area contributed by atoms with Crippen LogP contribution in [0.4, 0.5) is 0 Å². The quantitative estimate of drug-likeness (QED) is 0.0296. The molecule has 270 valence electrons. The van der Waals surface area contributed by atoms with Crippen LogP contribution in [-0.2, 0) is 32.7 Å². The van der Waals surface area contributed by atoms with Gasteiger partial charge in [-0.05, 0) is 32.1 Å². The molecule has 2 atom stereocenters. The Kier molecular flexibility index (Phi) is 32.3. The Balaban J connectivity index is 4.33. The molecule has 2 unspecified atom stereocenters. The minimum Gasteiger partial charge on any atom is -0.462 e. The fourth-order valence-corrected chi connectivity index (χ4v) is 5.63. The lowest BCUT2D eigenvalue weighted by atomic mass is 10.0. The lowest BCUT2D eigenvalue weighted by Gasteiger charge is -2.19. The number of phosphoric ester groups is 1. The van der Waals surface area contributed by atoms with Gasteiger partial charge in [-0.25, -0.2) is 4.57 Å². The second kappa shape index (κ2) is 33.4. The lowest BCUT2D eigenvalue weighted by Crippen LogP contribution is -2.29. The molecule has 0 bridgehead atoms. The van der Waals surface area contributed by atoms with Crippen molar-refractivity contribution in [3.05, 3.63) is 24.3 Å². The molecule has 3 N–H and O–H groups in total. The molecule has 0 aromatic heterocycles. The molecule has 0 aromatic carbocycles. The van der Waals surface area contributed by atoms with Gasteiger partial charge in [0, 0.05) is 19.4 Å². The van der Waals surface area contributed by atoms with Gasteiger partial charge < -0.3 is 20.1 Å². The van der Waals surface area contributed by atoms with E-state index in [9.17, 15) is 19.0 Å². The third kappa shape index (κ3) is 32.4. The van der Waals surface area contributed by atoms with Crippen LogP contribution in [0, 0.1) is 0 Å². The van der Waals surface area contributed by atoms with Gasteiger partial charge in [-0.2, -0.15) is 0 Å². The topological polar surface area (TPSA) is 134 Å². The number of allylic oxidation sites excluding steroid dienone is 4. The van der Waals surface area contributed by atoms with Gasteiger partial charge in [0.15, 0.2) is 6.10 Å². The summed E-state index contributed by atoms with van der Waals surface area (Å²) in [6.07, 6.45) is 32.2. The summed E-state index contributed by atoms with van der Waals surface area (Å²) in [6, 6.07) is 0. The maximum absolute atomic E-state index is 12.4. The summed E-state index contributed by atoms with van der Waals surface area (Å²) >= 11 is 0. The molecule has 0 aliphatic rings. The normalized spacial score (nSPS) is 13.7. The van der Waals surface area contributed by atoms with Gasteiger partial charge in [0.2, 0.25) is 0 Å². The molecule has 0 aliphatic carbocycles. The number of hydrogen-bond donors (Lipinski definition) is 2. The Bertz CT molecular complexity index is 820. The van der Waals surface area contributed by atoms with E-state index in [4.69, 9.17) is 24.3 Å². The van der Waals surface area contributed by atoms with Crippen molar-refractivity contribution in [3.8, 4) is 0 Å². The van der Waals surface area contributed by atoms with E-state index in [-0.39, 0.29) is 32.6 Å². The van der Waals surface area contributed by atoms with Gasteiger partial charge in [-0.3, -0.25) is 18.6 Å². The van der Waals surface area contributed by atoms with Gasteiger partial charge in [0.1, 0.15) is 6.61 Å². The van der Waals surface area contributed by atoms with Crippen molar-refractivity contribution in [2.75, 3.05) is 26.4 Å². The van der Waals surface area contributed by atoms with Crippen LogP contribution in [-0.4, -0.2) is 49.3 Å². The van der Waals surface area contributed by atoms with Gasteiger partial charge in [-0.1, -0.05) is 141 Å². The Morgan fingerprint density at radius 1 is 0.652 bits per heavy atom. The van der Waals surface area contributed by atoms with Gasteiger partial charge in [0.05, 0.1) is 13.2 Å². The molecular formula is C36H68NO8P. The fraction of sp³-hybridized carbons (Fsp3) is 0.833. The summed E-state index contributed by atoms with van der Waals surface area (Å²) in [5.74, 6) is -0.906. The minimum atomic E-state index is -4.38. The third-order valence-corrected chi connectivity index (χ3v) is 8.59. The number of carbonyl (C=O) groups is 2. The number of ether oxygens (including phenoxy) is 2. The first-order valence-corrected chi connectivity index (χ1v) is 19.8. The lowest BCUT2D eigenvalue weighted by molar-refractivity contribution is -0.161. The largest absolute Gasteiger partial charge is 0.472 e. The molecule has 46 heavy (non-hydrogen) atoms. The summed E-state index contributed by atoms with van der Waals surface area (Å²) in [4.78, 5) is 34.6. The van der Waals surface area contributed by atoms with Crippen molar-refractivity contribution in [1.82, 2.24) is 0 Å². The molecule has 10 heteroatoms. The number of carbonyl (C=O) groups excluding carboxylic acids is 2. The summed E-state index contributed by atoms with van der Waals surface area (Å²) in [5.41, 5.74) is 5.32. The zero-order chi connectivity index (χ0) is 34.0. The van der Waals surface area contributed by atoms with Gasteiger partial charge in [-0.15, -0.1) is 0 Å². The molecule has 0 saturated heterocycles. The monoisotopic (exact) mass is 673 g/mol. The maximum atomic E-state index is 12.4. The molecule has 0 rings (SSSR count). The number of rotatable bonds is 34. The smallest absolute Gasteiger partial charge is 0.462 e. The summed E-state index contributed by atoms with van der Waals surface area (Å²) in [5, 5.41) is 0. The highest BCUT2D eigenvalue weighted by Crippen LogP contribution is 2.43. The fourth-order valence-electron chi connectivity index (χ4n) is 4.86. The molecule has 0 aliphatic heterocycles. The predicted molar refractivity (Wildman–Crippen MR) is 187 cm³/mol. The highest BCUT2D eigenvalue weighted by molar-refractivity contribution is 7.47. The second-order valence-corrected chi connectivity index (χ2v) is 13.5. The standard InChI is InChI=1S/C36H68NO8P/c1-3-5-7-9-11-13-15-17-19-21-23-25-27-29-36(39)45-34(33-44-46(40,41)43-31-30-37)32-42-35(38)28-26-24-22-20-18-16-14-12-10-8-6-4-2/h17,19,23,25,34H,3-16,18,20-22,24,26-33,37H2,1-2H3,(H,40,41)/b19-17+,25-23+. The Morgan fingerprint density at radius 2 is 1.17 bits per heavy atom. The van der Waals surface area contributed by atoms with Crippen LogP contribution in [0.2, 0.25) is 0 Å². The predicted octanol–water partition coefficient (Wildman–Crippen LogP) is 9.66. The number of hydrogen-bond acceptors (Lipinski definition) is 8. The maximum Gasteiger partial charge on any atom is 0.472 e. The SMILES string of the molecule is CCCCCCCC/C=C/C/C=C/CCC(=O)OC(COC(=O)CCCCCCCCCCCCCC)COP(=O)(O)OCCN. The third-order valence-electron chi connectivity index (χ3n) is 7.60. The van der Waals surface area contributed by atoms with Crippen molar-refractivity contribution in [3.63, 3.8) is 0 Å². The molecule has 0 amide bonds. The summed E-state index contributed by atoms with van der Waals surface area (Å²) < 4.78 is 32.5. The van der Waals surface area contributed by atoms with Crippen LogP contribution in [0.25, 0.3) is 0 Å². The zero-order valence-corrected chi connectivity index (χ0v) is 30.2. The van der Waals surface area contributed by atoms with E-state index >= 15 is 0 Å². The van der Waals surface area contributed by atoms with E-state index in [1.165, 1.54) is 96.3 Å². The van der Waals surface area contributed by atoms with E-state index in [0.717, 1.165) is 32.1 Å². The average Bonchev–Trinajstić information content (AvgIpc) is 3.04. The molecule has 0 radical (unpaired) electrons. The van der Waals surface area contributed by atoms with E-state index in [2.05, 4.69) is 26.0 Å². The van der Waals surface area contributed by atoms with E-state index in [0.29, 0.717) is 6.42 Å². The molecule has 0 fully saturated rings. The summed E-state index contributed by atoms with van der Waals surface area (Å²) in [7, 11) is -4.38. The second-order valence-electron chi connectivity index (χ2n) is 12.1. The van der Waals surface area contributed by atoms with Crippen molar-refractivity contribution < 1.29 is 37.6 Å². The van der Waals surface area contributed by atoms with Crippen LogP contribution in [0.1, 0.15) is 162 Å². The van der Waals surface area contributed by atoms with Crippen LogP contribution in [0.5, 0.6) is 0 Å². The molecule has 0 heterocycles. The van der Waals surface area contributed by atoms with E-state index in [1.807, 2.05) is 12.2 Å². The summed E-state index contributed by atoms with van der Waals surface area (Å²) in [6.45, 7) is 3.64. The Hall–Kier alpha value is -1.51. The highest BCUT2D eigenvalue weighted by Gasteiger charge is 2.25. The molecule has 0 spiro atoms. The minimum absolute atomic E-state index is 0.0471. The Labute approximate surface area is 281 Å². The first-order valence-electron chi connectivity index (χ1n) is 18.3. The Morgan fingerprint density at radius 3 is 1.74 bits per heavy atom. The van der Waals surface area contributed by atoms with E-state index < -0.39 is 32.5 Å².